The number of carbonyl (C=O) groups excluding carboxylic acids is 2. The molecule has 2 aromatic rings. The third-order valence-corrected chi connectivity index (χ3v) is 3.11. The van der Waals surface area contributed by atoms with Crippen molar-refractivity contribution in [3.05, 3.63) is 63.9 Å². The second kappa shape index (κ2) is 6.56. The van der Waals surface area contributed by atoms with Crippen LogP contribution in [0, 0.1) is 0 Å². The van der Waals surface area contributed by atoms with Gasteiger partial charge < -0.3 is 10.5 Å². The van der Waals surface area contributed by atoms with Crippen molar-refractivity contribution >= 4 is 35.1 Å². The van der Waals surface area contributed by atoms with Crippen LogP contribution < -0.4 is 5.73 Å². The molecule has 2 rings (SSSR count). The van der Waals surface area contributed by atoms with Crippen molar-refractivity contribution in [2.24, 2.45) is 5.73 Å². The van der Waals surface area contributed by atoms with Crippen LogP contribution in [0.2, 0.25) is 10.2 Å². The first-order valence-corrected chi connectivity index (χ1v) is 6.62. The average Bonchev–Trinajstić information content (AvgIpc) is 2.47. The minimum atomic E-state index is -1.23. The molecule has 1 unspecified atom stereocenters. The van der Waals surface area contributed by atoms with Crippen LogP contribution in [-0.4, -0.2) is 16.9 Å². The minimum absolute atomic E-state index is 0.0701. The second-order valence-electron chi connectivity index (χ2n) is 4.06. The van der Waals surface area contributed by atoms with Gasteiger partial charge in [-0.15, -0.1) is 0 Å². The molecule has 0 saturated heterocycles. The minimum Gasteiger partial charge on any atom is -0.443 e. The van der Waals surface area contributed by atoms with Gasteiger partial charge in [-0.1, -0.05) is 53.5 Å². The Kier molecular flexibility index (Phi) is 4.77. The zero-order valence-corrected chi connectivity index (χ0v) is 12.1. The standard InChI is InChI=1S/C14H10Cl2N2O3/c15-9-6-7-10(16)18-11(9)14(20)21-12(13(17)19)8-4-2-1-3-5-8/h1-7,12H,(H2,17,19). The third kappa shape index (κ3) is 3.71. The quantitative estimate of drug-likeness (QED) is 0.692. The first-order chi connectivity index (χ1) is 9.99. The van der Waals surface area contributed by atoms with Crippen molar-refractivity contribution in [2.45, 2.75) is 6.10 Å². The molecule has 7 heteroatoms. The summed E-state index contributed by atoms with van der Waals surface area (Å²) in [6, 6.07) is 11.2. The number of nitrogens with zero attached hydrogens (tertiary/aromatic N) is 1. The van der Waals surface area contributed by atoms with E-state index in [1.54, 1.807) is 30.3 Å². The van der Waals surface area contributed by atoms with E-state index in [4.69, 9.17) is 33.7 Å². The molecule has 0 aliphatic rings. The molecule has 0 aliphatic heterocycles. The van der Waals surface area contributed by atoms with Gasteiger partial charge in [0, 0.05) is 5.56 Å². The summed E-state index contributed by atoms with van der Waals surface area (Å²) in [4.78, 5) is 27.3. The van der Waals surface area contributed by atoms with Crippen molar-refractivity contribution in [3.8, 4) is 0 Å². The van der Waals surface area contributed by atoms with Gasteiger partial charge in [0.2, 0.25) is 6.10 Å². The highest BCUT2D eigenvalue weighted by atomic mass is 35.5. The van der Waals surface area contributed by atoms with Crippen LogP contribution in [0.1, 0.15) is 22.2 Å². The number of carbonyl (C=O) groups is 2. The fourth-order valence-corrected chi connectivity index (χ4v) is 1.97. The fraction of sp³-hybridized carbons (Fsp3) is 0.0714. The average molecular weight is 325 g/mol. The molecule has 1 amide bonds. The smallest absolute Gasteiger partial charge is 0.359 e. The summed E-state index contributed by atoms with van der Waals surface area (Å²) in [7, 11) is 0. The predicted octanol–water partition coefficient (Wildman–Crippen LogP) is 2.77. The van der Waals surface area contributed by atoms with Gasteiger partial charge in [0.25, 0.3) is 5.91 Å². The fourth-order valence-electron chi connectivity index (χ4n) is 1.64. The maximum absolute atomic E-state index is 12.1. The van der Waals surface area contributed by atoms with Gasteiger partial charge in [-0.05, 0) is 12.1 Å². The lowest BCUT2D eigenvalue weighted by molar-refractivity contribution is -0.127. The van der Waals surface area contributed by atoms with E-state index in [1.807, 2.05) is 0 Å². The molecule has 2 N–H and O–H groups in total. The van der Waals surface area contributed by atoms with Crippen LogP contribution in [0.4, 0.5) is 0 Å². The molecule has 0 bridgehead atoms. The highest BCUT2D eigenvalue weighted by Crippen LogP contribution is 2.22. The Labute approximate surface area is 130 Å². The Balaban J connectivity index is 2.27. The molecule has 1 atom stereocenters. The van der Waals surface area contributed by atoms with Crippen molar-refractivity contribution < 1.29 is 14.3 Å². The molecule has 21 heavy (non-hydrogen) atoms. The van der Waals surface area contributed by atoms with Gasteiger partial charge in [-0.2, -0.15) is 0 Å². The van der Waals surface area contributed by atoms with Crippen LogP contribution in [0.25, 0.3) is 0 Å². The van der Waals surface area contributed by atoms with Crippen molar-refractivity contribution in [3.63, 3.8) is 0 Å². The predicted molar refractivity (Wildman–Crippen MR) is 78.0 cm³/mol. The van der Waals surface area contributed by atoms with E-state index < -0.39 is 18.0 Å². The van der Waals surface area contributed by atoms with Crippen LogP contribution in [0.3, 0.4) is 0 Å². The molecule has 108 valence electrons. The molecule has 0 spiro atoms. The number of hydrogen-bond acceptors (Lipinski definition) is 4. The van der Waals surface area contributed by atoms with E-state index >= 15 is 0 Å². The summed E-state index contributed by atoms with van der Waals surface area (Å²) >= 11 is 11.6. The number of esters is 1. The maximum Gasteiger partial charge on any atom is 0.359 e. The summed E-state index contributed by atoms with van der Waals surface area (Å²) in [5, 5.41) is 0.155. The van der Waals surface area contributed by atoms with Crippen molar-refractivity contribution in [2.75, 3.05) is 0 Å². The normalized spacial score (nSPS) is 11.7. The van der Waals surface area contributed by atoms with E-state index in [0.717, 1.165) is 0 Å². The topological polar surface area (TPSA) is 82.3 Å². The van der Waals surface area contributed by atoms with E-state index in [2.05, 4.69) is 4.98 Å². The number of benzene rings is 1. The Morgan fingerprint density at radius 3 is 2.38 bits per heavy atom. The van der Waals surface area contributed by atoms with Crippen LogP contribution in [0.15, 0.2) is 42.5 Å². The zero-order valence-electron chi connectivity index (χ0n) is 10.6. The lowest BCUT2D eigenvalue weighted by Gasteiger charge is -2.15. The number of amides is 1. The molecule has 0 saturated carbocycles. The molecule has 5 nitrogen and oxygen atoms in total. The number of ether oxygens (including phenoxy) is 1. The van der Waals surface area contributed by atoms with Crippen molar-refractivity contribution in [1.29, 1.82) is 0 Å². The van der Waals surface area contributed by atoms with Gasteiger partial charge in [0.15, 0.2) is 5.69 Å². The van der Waals surface area contributed by atoms with Gasteiger partial charge in [-0.25, -0.2) is 9.78 Å². The number of halogens is 2. The Hall–Kier alpha value is -2.11. The molecule has 0 aliphatic carbocycles. The van der Waals surface area contributed by atoms with E-state index in [1.165, 1.54) is 12.1 Å². The third-order valence-electron chi connectivity index (χ3n) is 2.59. The summed E-state index contributed by atoms with van der Waals surface area (Å²) in [6.45, 7) is 0. The Bertz CT molecular complexity index is 677. The molecule has 1 heterocycles. The van der Waals surface area contributed by atoms with Crippen molar-refractivity contribution in [1.82, 2.24) is 4.98 Å². The summed E-state index contributed by atoms with van der Waals surface area (Å²) < 4.78 is 5.10. The highest BCUT2D eigenvalue weighted by molar-refractivity contribution is 6.34. The van der Waals surface area contributed by atoms with Crippen LogP contribution in [0.5, 0.6) is 0 Å². The highest BCUT2D eigenvalue weighted by Gasteiger charge is 2.25. The summed E-state index contributed by atoms with van der Waals surface area (Å²) in [5.74, 6) is -1.68. The molecule has 0 fully saturated rings. The molecular formula is C14H10Cl2N2O3. The number of aromatic nitrogens is 1. The van der Waals surface area contributed by atoms with E-state index in [9.17, 15) is 9.59 Å². The van der Waals surface area contributed by atoms with Gasteiger partial charge in [0.1, 0.15) is 5.15 Å². The first kappa shape index (κ1) is 15.3. The molecule has 0 radical (unpaired) electrons. The monoisotopic (exact) mass is 324 g/mol. The van der Waals surface area contributed by atoms with E-state index in [0.29, 0.717) is 5.56 Å². The largest absolute Gasteiger partial charge is 0.443 e. The number of pyridine rings is 1. The first-order valence-electron chi connectivity index (χ1n) is 5.86. The van der Waals surface area contributed by atoms with Crippen LogP contribution in [-0.2, 0) is 9.53 Å². The second-order valence-corrected chi connectivity index (χ2v) is 4.86. The Morgan fingerprint density at radius 2 is 1.76 bits per heavy atom. The van der Waals surface area contributed by atoms with Crippen LogP contribution >= 0.6 is 23.2 Å². The Morgan fingerprint density at radius 1 is 1.10 bits per heavy atom. The molecule has 1 aromatic carbocycles. The lowest BCUT2D eigenvalue weighted by Crippen LogP contribution is -2.26. The number of rotatable bonds is 4. The summed E-state index contributed by atoms with van der Waals surface area (Å²) in [6.07, 6.45) is -1.23. The van der Waals surface area contributed by atoms with Gasteiger partial charge >= 0.3 is 5.97 Å². The number of hydrogen-bond donors (Lipinski definition) is 1. The maximum atomic E-state index is 12.1. The molecule has 1 aromatic heterocycles. The zero-order chi connectivity index (χ0) is 15.4. The SMILES string of the molecule is NC(=O)C(OC(=O)c1nc(Cl)ccc1Cl)c1ccccc1. The van der Waals surface area contributed by atoms with E-state index in [-0.39, 0.29) is 15.9 Å². The lowest BCUT2D eigenvalue weighted by atomic mass is 10.1. The number of nitrogens with two attached hydrogens (primary N) is 1. The summed E-state index contributed by atoms with van der Waals surface area (Å²) in [5.41, 5.74) is 5.55. The number of primary amides is 1. The van der Waals surface area contributed by atoms with Gasteiger partial charge in [0.05, 0.1) is 5.02 Å². The molecular weight excluding hydrogens is 315 g/mol. The van der Waals surface area contributed by atoms with Gasteiger partial charge in [-0.3, -0.25) is 4.79 Å².